The first-order valence-corrected chi connectivity index (χ1v) is 8.37. The second-order valence-electron chi connectivity index (χ2n) is 4.21. The Balaban J connectivity index is 0. The van der Waals surface area contributed by atoms with Gasteiger partial charge in [-0.25, -0.2) is 0 Å². The van der Waals surface area contributed by atoms with Crippen LogP contribution in [0.1, 0.15) is 13.3 Å². The molecule has 0 spiro atoms. The van der Waals surface area contributed by atoms with Gasteiger partial charge >= 0.3 is 108 Å². The third-order valence-corrected chi connectivity index (χ3v) is 4.00. The van der Waals surface area contributed by atoms with Crippen LogP contribution in [0.2, 0.25) is 0 Å². The van der Waals surface area contributed by atoms with Crippen LogP contribution in [0.4, 0.5) is 0 Å². The Hall–Kier alpha value is 1.34. The standard InChI is InChI=1S/C11H24N3.O.W.Y/c1-5-12-8-6-10-14(4)11-7-9-13(2)3;;;/h5,7-11H2,1-4H3;;;/q-1;;;. The topological polar surface area (TPSA) is 37.7 Å². The Morgan fingerprint density at radius 3 is 2.35 bits per heavy atom. The molecular formula is C11H24N3OWY-. The second kappa shape index (κ2) is 13.8. The van der Waals surface area contributed by atoms with Crippen molar-refractivity contribution >= 4 is 3.90 Å². The van der Waals surface area contributed by atoms with Crippen molar-refractivity contribution in [2.75, 3.05) is 53.9 Å². The van der Waals surface area contributed by atoms with Crippen molar-refractivity contribution in [1.82, 2.24) is 9.80 Å². The van der Waals surface area contributed by atoms with E-state index in [9.17, 15) is 3.40 Å². The average Bonchev–Trinajstić information content (AvgIpc) is 2.23. The van der Waals surface area contributed by atoms with Crippen LogP contribution < -0.4 is 0 Å². The molecule has 0 saturated carbocycles. The zero-order valence-electron chi connectivity index (χ0n) is 11.5. The summed E-state index contributed by atoms with van der Waals surface area (Å²) < 4.78 is 12.2. The number of nitrogens with zero attached hydrogens (tertiary/aromatic N) is 3. The molecule has 17 heavy (non-hydrogen) atoms. The first-order valence-electron chi connectivity index (χ1n) is 5.71. The molecule has 0 N–H and O–H groups in total. The Labute approximate surface area is 139 Å². The van der Waals surface area contributed by atoms with Crippen molar-refractivity contribution in [3.05, 3.63) is 5.32 Å². The van der Waals surface area contributed by atoms with Crippen molar-refractivity contribution in [1.29, 1.82) is 0 Å². The van der Waals surface area contributed by atoms with Gasteiger partial charge in [0, 0.05) is 32.7 Å². The Kier molecular flexibility index (Phi) is 16.7. The average molecular weight is 487 g/mol. The van der Waals surface area contributed by atoms with Crippen molar-refractivity contribution in [3.8, 4) is 0 Å². The molecule has 0 amide bonds. The molecular weight excluding hydrogens is 463 g/mol. The van der Waals surface area contributed by atoms with Crippen LogP contribution >= 0.6 is 0 Å². The molecule has 0 fully saturated rings. The molecule has 0 unspecified atom stereocenters. The van der Waals surface area contributed by atoms with Crippen LogP contribution in [0.3, 0.4) is 0 Å². The van der Waals surface area contributed by atoms with Gasteiger partial charge in [-0.05, 0) is 0 Å². The number of hydrogen-bond donors (Lipinski definition) is 0. The molecule has 0 saturated heterocycles. The normalized spacial score (nSPS) is 10.5. The summed E-state index contributed by atoms with van der Waals surface area (Å²) in [6, 6.07) is 0. The second-order valence-corrected chi connectivity index (χ2v) is 6.89. The van der Waals surface area contributed by atoms with Crippen LogP contribution in [-0.2, 0) is 54.2 Å². The smallest absolute Gasteiger partial charge is 0 e. The summed E-state index contributed by atoms with van der Waals surface area (Å²) in [5, 5.41) is 4.27. The van der Waals surface area contributed by atoms with Gasteiger partial charge in [0.25, 0.3) is 0 Å². The number of hydrogen-bond acceptors (Lipinski definition) is 3. The molecule has 0 aromatic rings. The minimum atomic E-state index is -1.48. The molecule has 99 valence electrons. The maximum Gasteiger partial charge on any atom is 0 e. The van der Waals surface area contributed by atoms with E-state index >= 15 is 0 Å². The van der Waals surface area contributed by atoms with Gasteiger partial charge in [-0.2, -0.15) is 0 Å². The molecule has 0 aromatic carbocycles. The van der Waals surface area contributed by atoms with Crippen LogP contribution in [0.25, 0.3) is 5.32 Å². The number of rotatable bonds is 9. The summed E-state index contributed by atoms with van der Waals surface area (Å²) in [5.41, 5.74) is 0. The Morgan fingerprint density at radius 2 is 1.88 bits per heavy atom. The summed E-state index contributed by atoms with van der Waals surface area (Å²) in [6.45, 7) is 6.59. The molecule has 0 aliphatic heterocycles. The van der Waals surface area contributed by atoms with Crippen LogP contribution in [0, 0.1) is 0 Å². The predicted octanol–water partition coefficient (Wildman–Crippen LogP) is 0.861. The summed E-state index contributed by atoms with van der Waals surface area (Å²) in [7, 11) is 6.27. The van der Waals surface area contributed by atoms with E-state index in [1.807, 2.05) is 6.92 Å². The van der Waals surface area contributed by atoms with Gasteiger partial charge in [0.15, 0.2) is 0 Å². The first kappa shape index (κ1) is 20.7. The summed E-state index contributed by atoms with van der Waals surface area (Å²) in [4.78, 5) is 4.44. The summed E-state index contributed by atoms with van der Waals surface area (Å²) in [5.74, 6) is 0. The molecule has 0 atom stereocenters. The molecule has 1 radical (unpaired) electrons. The maximum absolute atomic E-state index is 11.1. The van der Waals surface area contributed by atoms with Gasteiger partial charge in [0.05, 0.1) is 0 Å². The van der Waals surface area contributed by atoms with Crippen molar-refractivity contribution < 1.29 is 54.2 Å². The fourth-order valence-electron chi connectivity index (χ4n) is 1.38. The minimum absolute atomic E-state index is 0. The van der Waals surface area contributed by atoms with E-state index in [4.69, 9.17) is 0 Å². The van der Waals surface area contributed by atoms with E-state index in [-0.39, 0.29) is 32.7 Å². The Morgan fingerprint density at radius 1 is 1.24 bits per heavy atom. The van der Waals surface area contributed by atoms with Crippen LogP contribution in [-0.4, -0.2) is 67.6 Å². The maximum atomic E-state index is 11.1. The zero-order chi connectivity index (χ0) is 12.4. The molecule has 0 aliphatic rings. The minimum Gasteiger partial charge on any atom is 0 e. The van der Waals surface area contributed by atoms with Crippen molar-refractivity contribution in [2.24, 2.45) is 0 Å². The quantitative estimate of drug-likeness (QED) is 0.485. The van der Waals surface area contributed by atoms with Gasteiger partial charge in [-0.1, -0.05) is 0 Å². The largest absolute Gasteiger partial charge is 0 e. The van der Waals surface area contributed by atoms with Gasteiger partial charge in [-0.15, -0.1) is 0 Å². The van der Waals surface area contributed by atoms with Gasteiger partial charge in [0.2, 0.25) is 0 Å². The van der Waals surface area contributed by atoms with Crippen molar-refractivity contribution in [2.45, 2.75) is 13.3 Å². The third kappa shape index (κ3) is 13.6. The van der Waals surface area contributed by atoms with E-state index in [0.717, 1.165) is 36.5 Å². The van der Waals surface area contributed by atoms with Crippen LogP contribution in [0.15, 0.2) is 0 Å². The zero-order valence-corrected chi connectivity index (χ0v) is 17.2. The van der Waals surface area contributed by atoms with E-state index in [0.29, 0.717) is 6.54 Å². The predicted molar refractivity (Wildman–Crippen MR) is 65.1 cm³/mol. The first-order chi connectivity index (χ1) is 7.60. The van der Waals surface area contributed by atoms with Gasteiger partial charge < -0.3 is 0 Å². The Bertz CT molecular complexity index is 233. The molecule has 0 heterocycles. The van der Waals surface area contributed by atoms with Crippen molar-refractivity contribution in [3.63, 3.8) is 0 Å². The molecule has 0 aliphatic carbocycles. The van der Waals surface area contributed by atoms with E-state index in [1.54, 1.807) is 0 Å². The monoisotopic (exact) mass is 487 g/mol. The summed E-state index contributed by atoms with van der Waals surface area (Å²) in [6.07, 6.45) is 1.16. The SMILES string of the molecule is CC[N-]C[C](CN(C)CCCN(C)C)=[W]=[O].[Y]. The fraction of sp³-hybridized carbons (Fsp3) is 0.909. The fourth-order valence-corrected chi connectivity index (χ4v) is 2.87. The van der Waals surface area contributed by atoms with Gasteiger partial charge in [-0.3, -0.25) is 0 Å². The molecule has 6 heteroatoms. The van der Waals surface area contributed by atoms with Gasteiger partial charge in [0.1, 0.15) is 0 Å². The molecule has 0 bridgehead atoms. The van der Waals surface area contributed by atoms with E-state index in [2.05, 4.69) is 36.3 Å². The molecule has 0 aromatic heterocycles. The molecule has 0 rings (SSSR count). The molecule has 4 nitrogen and oxygen atoms in total. The summed E-state index contributed by atoms with van der Waals surface area (Å²) >= 11 is -1.48. The van der Waals surface area contributed by atoms with Crippen LogP contribution in [0.5, 0.6) is 0 Å². The van der Waals surface area contributed by atoms with E-state index < -0.39 is 18.1 Å². The third-order valence-electron chi connectivity index (χ3n) is 2.22. The van der Waals surface area contributed by atoms with E-state index in [1.165, 1.54) is 0 Å².